The monoisotopic (exact) mass is 251 g/mol. The number of nitrogens with one attached hydrogen (secondary N) is 1. The van der Waals surface area contributed by atoms with Gasteiger partial charge in [0.25, 0.3) is 0 Å². The first-order valence-corrected chi connectivity index (χ1v) is 6.10. The van der Waals surface area contributed by atoms with E-state index in [1.807, 2.05) is 0 Å². The van der Waals surface area contributed by atoms with Crippen LogP contribution in [0.15, 0.2) is 24.3 Å². The number of likely N-dealkylation sites (N-methyl/N-ethyl adjacent to an activating group) is 1. The van der Waals surface area contributed by atoms with E-state index >= 15 is 0 Å². The number of hydrogen-bond donors (Lipinski definition) is 1. The second-order valence-electron chi connectivity index (χ2n) is 4.64. The first-order valence-electron chi connectivity index (χ1n) is 6.10. The summed E-state index contributed by atoms with van der Waals surface area (Å²) < 4.78 is 13.0. The first kappa shape index (κ1) is 13.0. The Morgan fingerprint density at radius 2 is 2.06 bits per heavy atom. The summed E-state index contributed by atoms with van der Waals surface area (Å²) in [6, 6.07) is 5.95. The van der Waals surface area contributed by atoms with Gasteiger partial charge in [0, 0.05) is 31.9 Å². The van der Waals surface area contributed by atoms with Crippen LogP contribution >= 0.6 is 0 Å². The number of anilines is 1. The molecule has 1 aromatic rings. The van der Waals surface area contributed by atoms with Crippen LogP contribution in [0.1, 0.15) is 0 Å². The van der Waals surface area contributed by atoms with Gasteiger partial charge in [-0.15, -0.1) is 0 Å². The molecule has 1 aromatic carbocycles. The lowest BCUT2D eigenvalue weighted by atomic mass is 10.3. The molecule has 1 fully saturated rings. The minimum absolute atomic E-state index is 0.0925. The van der Waals surface area contributed by atoms with Crippen molar-refractivity contribution in [1.29, 1.82) is 0 Å². The van der Waals surface area contributed by atoms with E-state index in [2.05, 4.69) is 22.2 Å². The van der Waals surface area contributed by atoms with Crippen molar-refractivity contribution < 1.29 is 9.18 Å². The molecule has 1 saturated heterocycles. The summed E-state index contributed by atoms with van der Waals surface area (Å²) in [5.74, 6) is -0.433. The molecule has 0 aliphatic carbocycles. The molecule has 4 nitrogen and oxygen atoms in total. The van der Waals surface area contributed by atoms with Crippen molar-refractivity contribution in [2.75, 3.05) is 45.1 Å². The van der Waals surface area contributed by atoms with Crippen molar-refractivity contribution in [3.8, 4) is 0 Å². The molecule has 98 valence electrons. The Morgan fingerprint density at radius 1 is 1.33 bits per heavy atom. The number of amides is 1. The van der Waals surface area contributed by atoms with Crippen molar-refractivity contribution >= 4 is 11.6 Å². The fraction of sp³-hybridized carbons (Fsp3) is 0.462. The van der Waals surface area contributed by atoms with Gasteiger partial charge >= 0.3 is 0 Å². The summed E-state index contributed by atoms with van der Waals surface area (Å²) >= 11 is 0. The van der Waals surface area contributed by atoms with Crippen molar-refractivity contribution in [3.63, 3.8) is 0 Å². The largest absolute Gasteiger partial charge is 0.325 e. The van der Waals surface area contributed by atoms with Crippen LogP contribution in [0.2, 0.25) is 0 Å². The van der Waals surface area contributed by atoms with E-state index in [1.54, 1.807) is 12.1 Å². The fourth-order valence-electron chi connectivity index (χ4n) is 1.98. The quantitative estimate of drug-likeness (QED) is 0.871. The zero-order valence-corrected chi connectivity index (χ0v) is 10.5. The van der Waals surface area contributed by atoms with E-state index in [0.717, 1.165) is 26.2 Å². The minimum Gasteiger partial charge on any atom is -0.325 e. The molecule has 0 saturated carbocycles. The van der Waals surface area contributed by atoms with Gasteiger partial charge in [0.05, 0.1) is 6.54 Å². The van der Waals surface area contributed by atoms with Gasteiger partial charge in [-0.2, -0.15) is 0 Å². The van der Waals surface area contributed by atoms with Crippen LogP contribution in [0.25, 0.3) is 0 Å². The third-order valence-electron chi connectivity index (χ3n) is 3.07. The maximum absolute atomic E-state index is 13.0. The second kappa shape index (κ2) is 5.93. The highest BCUT2D eigenvalue weighted by Gasteiger charge is 2.16. The van der Waals surface area contributed by atoms with Crippen molar-refractivity contribution in [1.82, 2.24) is 9.80 Å². The molecule has 5 heteroatoms. The normalized spacial score (nSPS) is 17.7. The molecular formula is C13H18FN3O. The molecule has 0 radical (unpaired) electrons. The standard InChI is InChI=1S/C13H18FN3O/c1-16-5-7-17(8-6-16)10-13(18)15-12-4-2-3-11(14)9-12/h2-4,9H,5-8,10H2,1H3,(H,15,18). The highest BCUT2D eigenvalue weighted by atomic mass is 19.1. The number of rotatable bonds is 3. The van der Waals surface area contributed by atoms with Gasteiger partial charge in [-0.05, 0) is 25.2 Å². The van der Waals surface area contributed by atoms with Crippen LogP contribution in [-0.2, 0) is 4.79 Å². The van der Waals surface area contributed by atoms with E-state index in [0.29, 0.717) is 12.2 Å². The van der Waals surface area contributed by atoms with Crippen molar-refractivity contribution in [2.45, 2.75) is 0 Å². The molecule has 2 rings (SSSR count). The van der Waals surface area contributed by atoms with Gasteiger partial charge < -0.3 is 10.2 Å². The molecule has 0 aromatic heterocycles. The number of benzene rings is 1. The van der Waals surface area contributed by atoms with Gasteiger partial charge in [-0.25, -0.2) is 4.39 Å². The van der Waals surface area contributed by atoms with E-state index < -0.39 is 0 Å². The number of halogens is 1. The Balaban J connectivity index is 1.82. The zero-order chi connectivity index (χ0) is 13.0. The zero-order valence-electron chi connectivity index (χ0n) is 10.5. The highest BCUT2D eigenvalue weighted by Crippen LogP contribution is 2.09. The third-order valence-corrected chi connectivity index (χ3v) is 3.07. The first-order chi connectivity index (χ1) is 8.63. The Hall–Kier alpha value is -1.46. The predicted octanol–water partition coefficient (Wildman–Crippen LogP) is 1.01. The summed E-state index contributed by atoms with van der Waals surface area (Å²) in [5, 5.41) is 2.71. The smallest absolute Gasteiger partial charge is 0.238 e. The highest BCUT2D eigenvalue weighted by molar-refractivity contribution is 5.92. The Kier molecular flexibility index (Phi) is 4.28. The lowest BCUT2D eigenvalue weighted by molar-refractivity contribution is -0.117. The topological polar surface area (TPSA) is 35.6 Å². The molecule has 0 atom stereocenters. The molecule has 1 heterocycles. The molecule has 0 bridgehead atoms. The van der Waals surface area contributed by atoms with Crippen LogP contribution in [0.5, 0.6) is 0 Å². The lowest BCUT2D eigenvalue weighted by Crippen LogP contribution is -2.47. The van der Waals surface area contributed by atoms with Gasteiger partial charge in [0.2, 0.25) is 5.91 Å². The molecule has 0 unspecified atom stereocenters. The SMILES string of the molecule is CN1CCN(CC(=O)Nc2cccc(F)c2)CC1. The summed E-state index contributed by atoms with van der Waals surface area (Å²) in [4.78, 5) is 16.1. The molecular weight excluding hydrogens is 233 g/mol. The lowest BCUT2D eigenvalue weighted by Gasteiger charge is -2.31. The summed E-state index contributed by atoms with van der Waals surface area (Å²) in [6.07, 6.45) is 0. The van der Waals surface area contributed by atoms with Crippen LogP contribution in [-0.4, -0.2) is 55.5 Å². The van der Waals surface area contributed by atoms with E-state index in [9.17, 15) is 9.18 Å². The van der Waals surface area contributed by atoms with E-state index in [-0.39, 0.29) is 11.7 Å². The van der Waals surface area contributed by atoms with Crippen LogP contribution in [0.4, 0.5) is 10.1 Å². The van der Waals surface area contributed by atoms with Crippen molar-refractivity contribution in [2.24, 2.45) is 0 Å². The minimum atomic E-state index is -0.340. The molecule has 1 amide bonds. The Bertz CT molecular complexity index is 416. The average molecular weight is 251 g/mol. The number of carbonyl (C=O) groups is 1. The van der Waals surface area contributed by atoms with Crippen LogP contribution in [0, 0.1) is 5.82 Å². The number of carbonyl (C=O) groups excluding carboxylic acids is 1. The summed E-state index contributed by atoms with van der Waals surface area (Å²) in [5.41, 5.74) is 0.508. The van der Waals surface area contributed by atoms with Gasteiger partial charge in [0.1, 0.15) is 5.82 Å². The average Bonchev–Trinajstić information content (AvgIpc) is 2.32. The van der Waals surface area contributed by atoms with Crippen LogP contribution < -0.4 is 5.32 Å². The van der Waals surface area contributed by atoms with E-state index in [4.69, 9.17) is 0 Å². The number of nitrogens with zero attached hydrogens (tertiary/aromatic N) is 2. The molecule has 18 heavy (non-hydrogen) atoms. The molecule has 1 N–H and O–H groups in total. The number of hydrogen-bond acceptors (Lipinski definition) is 3. The second-order valence-corrected chi connectivity index (χ2v) is 4.64. The Labute approximate surface area is 106 Å². The predicted molar refractivity (Wildman–Crippen MR) is 69.0 cm³/mol. The van der Waals surface area contributed by atoms with Gasteiger partial charge in [0.15, 0.2) is 0 Å². The van der Waals surface area contributed by atoms with E-state index in [1.165, 1.54) is 12.1 Å². The summed E-state index contributed by atoms with van der Waals surface area (Å²) in [6.45, 7) is 4.12. The Morgan fingerprint density at radius 3 is 2.72 bits per heavy atom. The van der Waals surface area contributed by atoms with Crippen LogP contribution in [0.3, 0.4) is 0 Å². The number of piperazine rings is 1. The molecule has 1 aliphatic heterocycles. The van der Waals surface area contributed by atoms with Crippen molar-refractivity contribution in [3.05, 3.63) is 30.1 Å². The van der Waals surface area contributed by atoms with Gasteiger partial charge in [-0.1, -0.05) is 6.07 Å². The maximum Gasteiger partial charge on any atom is 0.238 e. The molecule has 0 spiro atoms. The van der Waals surface area contributed by atoms with Gasteiger partial charge in [-0.3, -0.25) is 9.69 Å². The molecule has 1 aliphatic rings. The summed E-state index contributed by atoms with van der Waals surface area (Å²) in [7, 11) is 2.07. The maximum atomic E-state index is 13.0. The third kappa shape index (κ3) is 3.78. The fourth-order valence-corrected chi connectivity index (χ4v) is 1.98.